The van der Waals surface area contributed by atoms with E-state index in [4.69, 9.17) is 10.5 Å². The minimum Gasteiger partial charge on any atom is -0.480 e. The number of hydrogen-bond acceptors (Lipinski definition) is 6. The average molecular weight is 525 g/mol. The van der Waals surface area contributed by atoms with E-state index in [1.165, 1.54) is 4.90 Å². The number of rotatable bonds is 9. The average Bonchev–Trinajstić information content (AvgIpc) is 3.25. The number of nitrogens with zero attached hydrogens (tertiary/aromatic N) is 1. The molecule has 10 heteroatoms. The first kappa shape index (κ1) is 28.6. The van der Waals surface area contributed by atoms with Crippen LogP contribution in [0, 0.1) is 0 Å². The Labute approximate surface area is 222 Å². The van der Waals surface area contributed by atoms with Gasteiger partial charge in [0.25, 0.3) is 0 Å². The third-order valence-corrected chi connectivity index (χ3v) is 6.08. The lowest BCUT2D eigenvalue weighted by Crippen LogP contribution is -2.56. The molecule has 4 atom stereocenters. The van der Waals surface area contributed by atoms with E-state index in [9.17, 15) is 24.3 Å². The van der Waals surface area contributed by atoms with Crippen molar-refractivity contribution in [1.82, 2.24) is 15.5 Å². The van der Waals surface area contributed by atoms with Gasteiger partial charge in [0.2, 0.25) is 11.8 Å². The summed E-state index contributed by atoms with van der Waals surface area (Å²) in [4.78, 5) is 52.7. The van der Waals surface area contributed by atoms with Crippen LogP contribution in [-0.4, -0.2) is 70.2 Å². The van der Waals surface area contributed by atoms with Crippen LogP contribution in [0.25, 0.3) is 0 Å². The van der Waals surface area contributed by atoms with Crippen LogP contribution in [-0.2, 0) is 32.0 Å². The van der Waals surface area contributed by atoms with Crippen molar-refractivity contribution in [3.63, 3.8) is 0 Å². The normalized spacial score (nSPS) is 18.8. The van der Waals surface area contributed by atoms with Gasteiger partial charge in [-0.3, -0.25) is 14.5 Å². The topological polar surface area (TPSA) is 151 Å². The van der Waals surface area contributed by atoms with E-state index in [0.717, 1.165) is 11.1 Å². The SMILES string of the molecule is CC(C)(C)OC(=O)N1C[C@@H](N)C[C@H]1C(=O)N[C@@H](Cc1ccccc1)C(=O)N[C@H](Cc1ccccc1)C(=O)O. The molecule has 204 valence electrons. The second kappa shape index (κ2) is 12.6. The maximum Gasteiger partial charge on any atom is 0.411 e. The summed E-state index contributed by atoms with van der Waals surface area (Å²) in [5, 5.41) is 15.1. The molecular weight excluding hydrogens is 488 g/mol. The molecule has 0 saturated carbocycles. The summed E-state index contributed by atoms with van der Waals surface area (Å²) < 4.78 is 5.44. The third-order valence-electron chi connectivity index (χ3n) is 6.08. The fourth-order valence-corrected chi connectivity index (χ4v) is 4.29. The van der Waals surface area contributed by atoms with Crippen LogP contribution < -0.4 is 16.4 Å². The van der Waals surface area contributed by atoms with Gasteiger partial charge in [0, 0.05) is 25.4 Å². The molecule has 1 aliphatic rings. The zero-order chi connectivity index (χ0) is 27.9. The van der Waals surface area contributed by atoms with Crippen molar-refractivity contribution < 1.29 is 29.0 Å². The molecule has 3 amide bonds. The number of hydrogen-bond donors (Lipinski definition) is 4. The lowest BCUT2D eigenvalue weighted by atomic mass is 10.0. The highest BCUT2D eigenvalue weighted by molar-refractivity contribution is 5.93. The molecule has 1 aliphatic heterocycles. The van der Waals surface area contributed by atoms with E-state index >= 15 is 0 Å². The summed E-state index contributed by atoms with van der Waals surface area (Å²) in [6, 6.07) is 14.4. The summed E-state index contributed by atoms with van der Waals surface area (Å²) >= 11 is 0. The van der Waals surface area contributed by atoms with Crippen LogP contribution in [0.2, 0.25) is 0 Å². The van der Waals surface area contributed by atoms with E-state index in [1.807, 2.05) is 36.4 Å². The standard InChI is InChI=1S/C28H36N4O6/c1-28(2,3)38-27(37)32-17-20(29)16-23(32)25(34)30-21(14-18-10-6-4-7-11-18)24(33)31-22(26(35)36)15-19-12-8-5-9-13-19/h4-13,20-23H,14-17,29H2,1-3H3,(H,30,34)(H,31,33)(H,35,36)/t20-,21-,22+,23-/m0/s1. The number of amides is 3. The summed E-state index contributed by atoms with van der Waals surface area (Å²) in [6.45, 7) is 5.32. The van der Waals surface area contributed by atoms with E-state index in [2.05, 4.69) is 10.6 Å². The molecule has 5 N–H and O–H groups in total. The van der Waals surface area contributed by atoms with Crippen LogP contribution in [0.15, 0.2) is 60.7 Å². The van der Waals surface area contributed by atoms with Gasteiger partial charge in [0.15, 0.2) is 0 Å². The summed E-state index contributed by atoms with van der Waals surface area (Å²) in [7, 11) is 0. The summed E-state index contributed by atoms with van der Waals surface area (Å²) in [5.41, 5.74) is 6.83. The Balaban J connectivity index is 1.78. The molecule has 38 heavy (non-hydrogen) atoms. The predicted octanol–water partition coefficient (Wildman–Crippen LogP) is 1.86. The van der Waals surface area contributed by atoms with Crippen LogP contribution in [0.1, 0.15) is 38.3 Å². The first-order chi connectivity index (χ1) is 17.9. The number of ether oxygens (including phenoxy) is 1. The number of nitrogens with two attached hydrogens (primary N) is 1. The Morgan fingerprint density at radius 1 is 0.947 bits per heavy atom. The van der Waals surface area contributed by atoms with Gasteiger partial charge in [-0.2, -0.15) is 0 Å². The third kappa shape index (κ3) is 8.31. The second-order valence-corrected chi connectivity index (χ2v) is 10.5. The van der Waals surface area contributed by atoms with Gasteiger partial charge in [0.1, 0.15) is 23.7 Å². The van der Waals surface area contributed by atoms with E-state index in [1.54, 1.807) is 45.0 Å². The van der Waals surface area contributed by atoms with Crippen molar-refractivity contribution in [2.24, 2.45) is 5.73 Å². The van der Waals surface area contributed by atoms with Crippen molar-refractivity contribution in [3.05, 3.63) is 71.8 Å². The summed E-state index contributed by atoms with van der Waals surface area (Å²) in [5.74, 6) is -2.39. The molecule has 1 fully saturated rings. The maximum atomic E-state index is 13.4. The van der Waals surface area contributed by atoms with Crippen LogP contribution in [0.3, 0.4) is 0 Å². The number of likely N-dealkylation sites (tertiary alicyclic amines) is 1. The van der Waals surface area contributed by atoms with Crippen molar-refractivity contribution >= 4 is 23.9 Å². The lowest BCUT2D eigenvalue weighted by Gasteiger charge is -2.29. The number of carboxylic acid groups (broad SMARTS) is 1. The molecule has 0 radical (unpaired) electrons. The Morgan fingerprint density at radius 3 is 1.97 bits per heavy atom. The van der Waals surface area contributed by atoms with E-state index < -0.39 is 53.6 Å². The maximum absolute atomic E-state index is 13.4. The Morgan fingerprint density at radius 2 is 1.47 bits per heavy atom. The van der Waals surface area contributed by atoms with Gasteiger partial charge in [-0.15, -0.1) is 0 Å². The predicted molar refractivity (Wildman–Crippen MR) is 141 cm³/mol. The zero-order valence-electron chi connectivity index (χ0n) is 21.9. The molecule has 0 aromatic heterocycles. The molecular formula is C28H36N4O6. The smallest absolute Gasteiger partial charge is 0.411 e. The number of benzene rings is 2. The Kier molecular flexibility index (Phi) is 9.46. The molecule has 10 nitrogen and oxygen atoms in total. The molecule has 0 aliphatic carbocycles. The highest BCUT2D eigenvalue weighted by atomic mass is 16.6. The quantitative estimate of drug-likeness (QED) is 0.391. The molecule has 1 heterocycles. The highest BCUT2D eigenvalue weighted by Gasteiger charge is 2.41. The number of aliphatic carboxylic acids is 1. The molecule has 0 spiro atoms. The zero-order valence-corrected chi connectivity index (χ0v) is 21.9. The van der Waals surface area contributed by atoms with Crippen molar-refractivity contribution in [2.45, 2.75) is 69.8 Å². The number of nitrogens with one attached hydrogen (secondary N) is 2. The highest BCUT2D eigenvalue weighted by Crippen LogP contribution is 2.21. The van der Waals surface area contributed by atoms with Crippen LogP contribution in [0.5, 0.6) is 0 Å². The van der Waals surface area contributed by atoms with Gasteiger partial charge in [0.05, 0.1) is 0 Å². The molecule has 2 aromatic carbocycles. The monoisotopic (exact) mass is 524 g/mol. The van der Waals surface area contributed by atoms with Crippen LogP contribution >= 0.6 is 0 Å². The number of carbonyl (C=O) groups excluding carboxylic acids is 3. The van der Waals surface area contributed by atoms with Gasteiger partial charge < -0.3 is 26.2 Å². The molecule has 3 rings (SSSR count). The Hall–Kier alpha value is -3.92. The van der Waals surface area contributed by atoms with Crippen molar-refractivity contribution in [3.8, 4) is 0 Å². The Bertz CT molecular complexity index is 1120. The van der Waals surface area contributed by atoms with Crippen molar-refractivity contribution in [2.75, 3.05) is 6.54 Å². The molecule has 0 bridgehead atoms. The summed E-state index contributed by atoms with van der Waals surface area (Å²) in [6.07, 6.45) is -0.251. The second-order valence-electron chi connectivity index (χ2n) is 10.5. The number of carbonyl (C=O) groups is 4. The van der Waals surface area contributed by atoms with Gasteiger partial charge in [-0.1, -0.05) is 60.7 Å². The van der Waals surface area contributed by atoms with Crippen molar-refractivity contribution in [1.29, 1.82) is 0 Å². The van der Waals surface area contributed by atoms with Gasteiger partial charge in [-0.25, -0.2) is 9.59 Å². The van der Waals surface area contributed by atoms with E-state index in [0.29, 0.717) is 0 Å². The fourth-order valence-electron chi connectivity index (χ4n) is 4.29. The van der Waals surface area contributed by atoms with E-state index in [-0.39, 0.29) is 25.8 Å². The lowest BCUT2D eigenvalue weighted by molar-refractivity contribution is -0.142. The van der Waals surface area contributed by atoms with Gasteiger partial charge >= 0.3 is 12.1 Å². The molecule has 1 saturated heterocycles. The minimum absolute atomic E-state index is 0.0812. The first-order valence-corrected chi connectivity index (χ1v) is 12.6. The largest absolute Gasteiger partial charge is 0.480 e. The number of carboxylic acids is 1. The van der Waals surface area contributed by atoms with Gasteiger partial charge in [-0.05, 0) is 38.3 Å². The molecule has 0 unspecified atom stereocenters. The van der Waals surface area contributed by atoms with Crippen LogP contribution in [0.4, 0.5) is 4.79 Å². The molecule has 2 aromatic rings. The fraction of sp³-hybridized carbons (Fsp3) is 0.429. The first-order valence-electron chi connectivity index (χ1n) is 12.6. The minimum atomic E-state index is -1.20.